The van der Waals surface area contributed by atoms with Crippen LogP contribution >= 0.6 is 38.9 Å². The van der Waals surface area contributed by atoms with Crippen LogP contribution in [0.2, 0.25) is 4.34 Å². The average molecular weight is 284 g/mol. The molecule has 0 bridgehead atoms. The largest absolute Gasteiger partial charge is 0.370 e. The van der Waals surface area contributed by atoms with Crippen LogP contribution in [0.3, 0.4) is 0 Å². The molecule has 0 saturated heterocycles. The van der Waals surface area contributed by atoms with Crippen molar-refractivity contribution in [3.63, 3.8) is 0 Å². The minimum atomic E-state index is -0.409. The summed E-state index contributed by atoms with van der Waals surface area (Å²) < 4.78 is 1.43. The number of hydrogen-bond acceptors (Lipinski definition) is 3. The Balaban J connectivity index is 2.77. The van der Waals surface area contributed by atoms with Crippen molar-refractivity contribution in [2.45, 2.75) is 12.5 Å². The van der Waals surface area contributed by atoms with Crippen LogP contribution in [-0.2, 0) is 4.79 Å². The van der Waals surface area contributed by atoms with Gasteiger partial charge in [0.25, 0.3) is 0 Å². The maximum Gasteiger partial charge on any atom is 0.219 e. The Kier molecular flexibility index (Phi) is 3.73. The van der Waals surface area contributed by atoms with E-state index in [0.717, 1.165) is 9.35 Å². The zero-order valence-electron chi connectivity index (χ0n) is 6.59. The summed E-state index contributed by atoms with van der Waals surface area (Å²) in [5, 5.41) is 0. The molecule has 0 saturated carbocycles. The highest BCUT2D eigenvalue weighted by atomic mass is 79.9. The van der Waals surface area contributed by atoms with E-state index in [1.807, 2.05) is 0 Å². The third kappa shape index (κ3) is 2.95. The molecular weight excluding hydrogens is 276 g/mol. The van der Waals surface area contributed by atoms with Gasteiger partial charge in [0.1, 0.15) is 4.34 Å². The van der Waals surface area contributed by atoms with Gasteiger partial charge < -0.3 is 11.5 Å². The first-order valence-electron chi connectivity index (χ1n) is 3.49. The van der Waals surface area contributed by atoms with E-state index in [0.29, 0.717) is 4.34 Å². The van der Waals surface area contributed by atoms with Crippen molar-refractivity contribution in [3.8, 4) is 0 Å². The van der Waals surface area contributed by atoms with E-state index >= 15 is 0 Å². The Bertz CT molecular complexity index is 309. The number of carbonyl (C=O) groups excluding carboxylic acids is 1. The van der Waals surface area contributed by atoms with Crippen LogP contribution in [0.5, 0.6) is 0 Å². The Morgan fingerprint density at radius 3 is 2.77 bits per heavy atom. The molecule has 13 heavy (non-hydrogen) atoms. The smallest absolute Gasteiger partial charge is 0.219 e. The van der Waals surface area contributed by atoms with Gasteiger partial charge in [-0.3, -0.25) is 4.79 Å². The second-order valence-electron chi connectivity index (χ2n) is 2.55. The summed E-state index contributed by atoms with van der Waals surface area (Å²) >= 11 is 10.4. The number of amides is 1. The third-order valence-electron chi connectivity index (χ3n) is 1.45. The summed E-state index contributed by atoms with van der Waals surface area (Å²) in [6, 6.07) is 1.45. The highest BCUT2D eigenvalue weighted by Gasteiger charge is 2.13. The van der Waals surface area contributed by atoms with Crippen molar-refractivity contribution >= 4 is 44.8 Å². The van der Waals surface area contributed by atoms with Crippen molar-refractivity contribution < 1.29 is 4.79 Å². The van der Waals surface area contributed by atoms with Gasteiger partial charge in [-0.05, 0) is 22.0 Å². The van der Waals surface area contributed by atoms with Crippen LogP contribution < -0.4 is 11.5 Å². The molecule has 0 aliphatic rings. The number of thiophene rings is 1. The number of nitrogens with two attached hydrogens (primary N) is 2. The molecule has 0 aliphatic carbocycles. The molecule has 0 spiro atoms. The Morgan fingerprint density at radius 1 is 1.77 bits per heavy atom. The first-order chi connectivity index (χ1) is 6.00. The van der Waals surface area contributed by atoms with Crippen molar-refractivity contribution in [2.75, 3.05) is 0 Å². The van der Waals surface area contributed by atoms with Crippen molar-refractivity contribution in [3.05, 3.63) is 19.8 Å². The molecule has 3 nitrogen and oxygen atoms in total. The quantitative estimate of drug-likeness (QED) is 0.891. The first kappa shape index (κ1) is 11.0. The predicted octanol–water partition coefficient (Wildman–Crippen LogP) is 2.04. The van der Waals surface area contributed by atoms with E-state index in [2.05, 4.69) is 15.9 Å². The number of carbonyl (C=O) groups is 1. The fourth-order valence-corrected chi connectivity index (χ4v) is 2.60. The lowest BCUT2D eigenvalue weighted by Crippen LogP contribution is -2.19. The molecule has 0 aromatic carbocycles. The van der Waals surface area contributed by atoms with Gasteiger partial charge in [0.15, 0.2) is 0 Å². The SMILES string of the molecule is NC(=O)CC(N)c1cc(Br)c(Cl)s1. The molecule has 6 heteroatoms. The third-order valence-corrected chi connectivity index (χ3v) is 4.06. The van der Waals surface area contributed by atoms with Gasteiger partial charge in [-0.1, -0.05) is 11.6 Å². The van der Waals surface area contributed by atoms with Crippen LogP contribution in [0.4, 0.5) is 0 Å². The Labute approximate surface area is 93.2 Å². The topological polar surface area (TPSA) is 69.1 Å². The van der Waals surface area contributed by atoms with Crippen LogP contribution in [-0.4, -0.2) is 5.91 Å². The summed E-state index contributed by atoms with van der Waals surface area (Å²) in [5.74, 6) is -0.409. The molecule has 1 aromatic heterocycles. The zero-order valence-corrected chi connectivity index (χ0v) is 9.75. The van der Waals surface area contributed by atoms with Gasteiger partial charge in [0, 0.05) is 21.8 Å². The van der Waals surface area contributed by atoms with E-state index in [1.54, 1.807) is 6.07 Å². The molecule has 1 unspecified atom stereocenters. The van der Waals surface area contributed by atoms with Gasteiger partial charge >= 0.3 is 0 Å². The zero-order chi connectivity index (χ0) is 10.0. The average Bonchev–Trinajstić information content (AvgIpc) is 2.31. The molecule has 0 fully saturated rings. The van der Waals surface area contributed by atoms with Gasteiger partial charge in [-0.15, -0.1) is 11.3 Å². The fourth-order valence-electron chi connectivity index (χ4n) is 0.863. The fraction of sp³-hybridized carbons (Fsp3) is 0.286. The molecule has 4 N–H and O–H groups in total. The summed E-state index contributed by atoms with van der Waals surface area (Å²) in [5.41, 5.74) is 10.7. The van der Waals surface area contributed by atoms with Crippen molar-refractivity contribution in [1.82, 2.24) is 0 Å². The molecule has 1 atom stereocenters. The van der Waals surface area contributed by atoms with Crippen molar-refractivity contribution in [2.24, 2.45) is 11.5 Å². The summed E-state index contributed by atoms with van der Waals surface area (Å²) in [4.78, 5) is 11.4. The van der Waals surface area contributed by atoms with Gasteiger partial charge in [0.05, 0.1) is 0 Å². The van der Waals surface area contributed by atoms with Crippen molar-refractivity contribution in [1.29, 1.82) is 0 Å². The van der Waals surface area contributed by atoms with E-state index in [9.17, 15) is 4.79 Å². The van der Waals surface area contributed by atoms with E-state index < -0.39 is 5.91 Å². The molecule has 1 rings (SSSR count). The maximum absolute atomic E-state index is 10.6. The molecule has 0 aliphatic heterocycles. The lowest BCUT2D eigenvalue weighted by atomic mass is 10.2. The predicted molar refractivity (Wildman–Crippen MR) is 57.8 cm³/mol. The molecule has 72 valence electrons. The maximum atomic E-state index is 10.6. The highest BCUT2D eigenvalue weighted by Crippen LogP contribution is 2.35. The normalized spacial score (nSPS) is 12.8. The van der Waals surface area contributed by atoms with Crippen LogP contribution in [0.1, 0.15) is 17.3 Å². The van der Waals surface area contributed by atoms with E-state index in [1.165, 1.54) is 11.3 Å². The molecular formula is C7H8BrClN2OS. The summed E-state index contributed by atoms with van der Waals surface area (Å²) in [7, 11) is 0. The standard InChI is InChI=1S/C7H8BrClN2OS/c8-3-1-5(13-7(3)9)4(10)2-6(11)12/h1,4H,2,10H2,(H2,11,12). The lowest BCUT2D eigenvalue weighted by Gasteiger charge is -2.04. The number of primary amides is 1. The minimum absolute atomic E-state index is 0.142. The molecule has 1 aromatic rings. The van der Waals surface area contributed by atoms with Gasteiger partial charge in [-0.2, -0.15) is 0 Å². The number of rotatable bonds is 3. The molecule has 0 radical (unpaired) electrons. The first-order valence-corrected chi connectivity index (χ1v) is 5.48. The lowest BCUT2D eigenvalue weighted by molar-refractivity contribution is -0.118. The van der Waals surface area contributed by atoms with Crippen LogP contribution in [0, 0.1) is 0 Å². The number of halogens is 2. The monoisotopic (exact) mass is 282 g/mol. The Hall–Kier alpha value is -0.100. The molecule has 1 heterocycles. The van der Waals surface area contributed by atoms with E-state index in [4.69, 9.17) is 23.1 Å². The summed E-state index contributed by atoms with van der Waals surface area (Å²) in [6.07, 6.45) is 0.142. The minimum Gasteiger partial charge on any atom is -0.370 e. The van der Waals surface area contributed by atoms with Crippen LogP contribution in [0.15, 0.2) is 10.5 Å². The highest BCUT2D eigenvalue weighted by molar-refractivity contribution is 9.10. The van der Waals surface area contributed by atoms with Crippen LogP contribution in [0.25, 0.3) is 0 Å². The summed E-state index contributed by atoms with van der Waals surface area (Å²) in [6.45, 7) is 0. The molecule has 1 amide bonds. The van der Waals surface area contributed by atoms with E-state index in [-0.39, 0.29) is 12.5 Å². The van der Waals surface area contributed by atoms with Gasteiger partial charge in [0.2, 0.25) is 5.91 Å². The Morgan fingerprint density at radius 2 is 2.38 bits per heavy atom. The number of hydrogen-bond donors (Lipinski definition) is 2. The second kappa shape index (κ2) is 4.41. The second-order valence-corrected chi connectivity index (χ2v) is 5.09. The van der Waals surface area contributed by atoms with Gasteiger partial charge in [-0.25, -0.2) is 0 Å².